The Morgan fingerprint density at radius 3 is 2.94 bits per heavy atom. The summed E-state index contributed by atoms with van der Waals surface area (Å²) in [4.78, 5) is 14.7. The predicted molar refractivity (Wildman–Crippen MR) is 72.4 cm³/mol. The maximum absolute atomic E-state index is 12.8. The second kappa shape index (κ2) is 4.09. The van der Waals surface area contributed by atoms with Crippen molar-refractivity contribution < 1.29 is 4.79 Å². The van der Waals surface area contributed by atoms with Crippen LogP contribution in [0.1, 0.15) is 31.7 Å². The lowest BCUT2D eigenvalue weighted by molar-refractivity contribution is -0.127. The van der Waals surface area contributed by atoms with Crippen LogP contribution in [0.3, 0.4) is 0 Å². The lowest BCUT2D eigenvalue weighted by Gasteiger charge is -2.32. The number of fused-ring (bicyclic) bond motifs is 1. The smallest absolute Gasteiger partial charge is 0.234 e. The summed E-state index contributed by atoms with van der Waals surface area (Å²) < 4.78 is 0. The van der Waals surface area contributed by atoms with Crippen LogP contribution < -0.4 is 10.6 Å². The Morgan fingerprint density at radius 1 is 1.44 bits per heavy atom. The van der Waals surface area contributed by atoms with Crippen molar-refractivity contribution >= 4 is 11.6 Å². The van der Waals surface area contributed by atoms with E-state index in [1.807, 2.05) is 30.0 Å². The van der Waals surface area contributed by atoms with Crippen molar-refractivity contribution in [2.75, 3.05) is 11.4 Å². The highest BCUT2D eigenvalue weighted by molar-refractivity contribution is 5.99. The molecule has 3 nitrogen and oxygen atoms in total. The number of carbonyl (C=O) groups excluding carboxylic acids is 1. The van der Waals surface area contributed by atoms with Crippen LogP contribution >= 0.6 is 0 Å². The number of rotatable bonds is 1. The van der Waals surface area contributed by atoms with E-state index in [-0.39, 0.29) is 17.4 Å². The first-order valence-corrected chi connectivity index (χ1v) is 6.78. The van der Waals surface area contributed by atoms with Crippen LogP contribution in [-0.2, 0) is 11.2 Å². The number of para-hydroxylation sites is 1. The number of hydrogen-bond acceptors (Lipinski definition) is 2. The summed E-state index contributed by atoms with van der Waals surface area (Å²) in [6.45, 7) is 2.84. The van der Waals surface area contributed by atoms with E-state index in [0.717, 1.165) is 37.9 Å². The third-order valence-corrected chi connectivity index (χ3v) is 4.65. The summed E-state index contributed by atoms with van der Waals surface area (Å²) in [7, 11) is 0. The average molecular weight is 244 g/mol. The fourth-order valence-corrected chi connectivity index (χ4v) is 3.32. The highest BCUT2D eigenvalue weighted by atomic mass is 16.2. The minimum atomic E-state index is -0.364. The molecule has 0 spiro atoms. The first kappa shape index (κ1) is 11.7. The molecule has 2 aliphatic rings. The quantitative estimate of drug-likeness (QED) is 0.822. The molecule has 96 valence electrons. The summed E-state index contributed by atoms with van der Waals surface area (Å²) in [5.41, 5.74) is 8.16. The van der Waals surface area contributed by atoms with Gasteiger partial charge in [-0.15, -0.1) is 0 Å². The Hall–Kier alpha value is -1.35. The summed E-state index contributed by atoms with van der Waals surface area (Å²) >= 11 is 0. The number of nitrogens with two attached hydrogens (primary N) is 1. The van der Waals surface area contributed by atoms with Gasteiger partial charge in [0, 0.05) is 18.3 Å². The minimum Gasteiger partial charge on any atom is -0.327 e. The summed E-state index contributed by atoms with van der Waals surface area (Å²) in [5, 5.41) is 0. The monoisotopic (exact) mass is 244 g/mol. The SMILES string of the molecule is CC1(C(=O)N2CCc3ccccc32)CCCC1N. The lowest BCUT2D eigenvalue weighted by Crippen LogP contribution is -2.49. The zero-order valence-electron chi connectivity index (χ0n) is 10.9. The second-order valence-corrected chi connectivity index (χ2v) is 5.75. The summed E-state index contributed by atoms with van der Waals surface area (Å²) in [6.07, 6.45) is 3.93. The van der Waals surface area contributed by atoms with Gasteiger partial charge >= 0.3 is 0 Å². The molecule has 1 saturated carbocycles. The van der Waals surface area contributed by atoms with Crippen molar-refractivity contribution in [2.24, 2.45) is 11.1 Å². The van der Waals surface area contributed by atoms with Gasteiger partial charge in [-0.3, -0.25) is 4.79 Å². The van der Waals surface area contributed by atoms with Crippen molar-refractivity contribution in [2.45, 2.75) is 38.6 Å². The van der Waals surface area contributed by atoms with E-state index in [1.165, 1.54) is 5.56 Å². The van der Waals surface area contributed by atoms with Crippen LogP contribution in [0.15, 0.2) is 24.3 Å². The highest BCUT2D eigenvalue weighted by Gasteiger charge is 2.46. The van der Waals surface area contributed by atoms with Gasteiger partial charge in [-0.25, -0.2) is 0 Å². The Labute approximate surface area is 108 Å². The maximum Gasteiger partial charge on any atom is 0.234 e. The molecular formula is C15H20N2O. The predicted octanol–water partition coefficient (Wildman–Crippen LogP) is 2.09. The molecule has 0 bridgehead atoms. The minimum absolute atomic E-state index is 0.0118. The molecule has 0 saturated heterocycles. The number of amides is 1. The van der Waals surface area contributed by atoms with Gasteiger partial charge in [0.25, 0.3) is 0 Å². The van der Waals surface area contributed by atoms with Gasteiger partial charge in [0.1, 0.15) is 0 Å². The third-order valence-electron chi connectivity index (χ3n) is 4.65. The molecule has 2 unspecified atom stereocenters. The fourth-order valence-electron chi connectivity index (χ4n) is 3.32. The van der Waals surface area contributed by atoms with Gasteiger partial charge in [0.2, 0.25) is 5.91 Å². The number of anilines is 1. The fraction of sp³-hybridized carbons (Fsp3) is 0.533. The van der Waals surface area contributed by atoms with E-state index in [4.69, 9.17) is 5.73 Å². The lowest BCUT2D eigenvalue weighted by atomic mass is 9.83. The van der Waals surface area contributed by atoms with Gasteiger partial charge in [0.15, 0.2) is 0 Å². The Balaban J connectivity index is 1.91. The van der Waals surface area contributed by atoms with Crippen molar-refractivity contribution in [3.05, 3.63) is 29.8 Å². The van der Waals surface area contributed by atoms with E-state index < -0.39 is 0 Å². The Bertz CT molecular complexity index is 485. The molecule has 2 atom stereocenters. The average Bonchev–Trinajstić information content (AvgIpc) is 2.94. The van der Waals surface area contributed by atoms with Crippen LogP contribution in [0.2, 0.25) is 0 Å². The summed E-state index contributed by atoms with van der Waals surface area (Å²) in [5.74, 6) is 0.220. The largest absolute Gasteiger partial charge is 0.327 e. The van der Waals surface area contributed by atoms with E-state index in [2.05, 4.69) is 6.07 Å². The molecule has 3 heteroatoms. The molecule has 1 aliphatic heterocycles. The maximum atomic E-state index is 12.8. The standard InChI is InChI=1S/C15H20N2O/c1-15(9-4-7-13(15)16)14(18)17-10-8-11-5-2-3-6-12(11)17/h2-3,5-6,13H,4,7-10,16H2,1H3. The van der Waals surface area contributed by atoms with Crippen molar-refractivity contribution in [3.8, 4) is 0 Å². The van der Waals surface area contributed by atoms with E-state index in [9.17, 15) is 4.79 Å². The van der Waals surface area contributed by atoms with E-state index >= 15 is 0 Å². The van der Waals surface area contributed by atoms with Crippen LogP contribution in [0.4, 0.5) is 5.69 Å². The van der Waals surface area contributed by atoms with Gasteiger partial charge in [-0.1, -0.05) is 24.6 Å². The van der Waals surface area contributed by atoms with Crippen LogP contribution in [0.5, 0.6) is 0 Å². The number of carbonyl (C=O) groups is 1. The number of benzene rings is 1. The molecule has 3 rings (SSSR count). The second-order valence-electron chi connectivity index (χ2n) is 5.75. The molecule has 1 aliphatic carbocycles. The van der Waals surface area contributed by atoms with Gasteiger partial charge in [0.05, 0.1) is 5.41 Å². The normalized spacial score (nSPS) is 30.6. The molecule has 2 N–H and O–H groups in total. The molecule has 18 heavy (non-hydrogen) atoms. The molecule has 1 aromatic carbocycles. The Kier molecular flexibility index (Phi) is 2.67. The van der Waals surface area contributed by atoms with Crippen LogP contribution in [0, 0.1) is 5.41 Å². The first-order chi connectivity index (χ1) is 8.63. The summed E-state index contributed by atoms with van der Waals surface area (Å²) in [6, 6.07) is 8.21. The molecular weight excluding hydrogens is 224 g/mol. The van der Waals surface area contributed by atoms with Gasteiger partial charge in [-0.05, 0) is 37.8 Å². The van der Waals surface area contributed by atoms with Gasteiger partial charge in [-0.2, -0.15) is 0 Å². The molecule has 1 heterocycles. The van der Waals surface area contributed by atoms with E-state index in [1.54, 1.807) is 0 Å². The highest BCUT2D eigenvalue weighted by Crippen LogP contribution is 2.41. The molecule has 0 aromatic heterocycles. The van der Waals surface area contributed by atoms with E-state index in [0.29, 0.717) is 0 Å². The number of nitrogens with zero attached hydrogens (tertiary/aromatic N) is 1. The molecule has 1 amide bonds. The Morgan fingerprint density at radius 2 is 2.22 bits per heavy atom. The topological polar surface area (TPSA) is 46.3 Å². The molecule has 1 aromatic rings. The zero-order valence-corrected chi connectivity index (χ0v) is 10.9. The molecule has 1 fully saturated rings. The van der Waals surface area contributed by atoms with Crippen LogP contribution in [-0.4, -0.2) is 18.5 Å². The first-order valence-electron chi connectivity index (χ1n) is 6.78. The molecule has 0 radical (unpaired) electrons. The van der Waals surface area contributed by atoms with Crippen molar-refractivity contribution in [1.82, 2.24) is 0 Å². The van der Waals surface area contributed by atoms with Crippen LogP contribution in [0.25, 0.3) is 0 Å². The van der Waals surface area contributed by atoms with Gasteiger partial charge < -0.3 is 10.6 Å². The zero-order chi connectivity index (χ0) is 12.8. The van der Waals surface area contributed by atoms with Crippen molar-refractivity contribution in [3.63, 3.8) is 0 Å². The third kappa shape index (κ3) is 1.57. The number of hydrogen-bond donors (Lipinski definition) is 1. The van der Waals surface area contributed by atoms with Crippen molar-refractivity contribution in [1.29, 1.82) is 0 Å².